The van der Waals surface area contributed by atoms with Gasteiger partial charge in [0.15, 0.2) is 0 Å². The number of rotatable bonds is 9. The van der Waals surface area contributed by atoms with Crippen LogP contribution in [0.4, 0.5) is 0 Å². The summed E-state index contributed by atoms with van der Waals surface area (Å²) < 4.78 is 10.6. The van der Waals surface area contributed by atoms with Crippen molar-refractivity contribution in [3.05, 3.63) is 0 Å². The molecular weight excluding hydrogens is 196 g/mol. The lowest BCUT2D eigenvalue weighted by molar-refractivity contribution is -0.120. The largest absolute Gasteiger partial charge is 0.379 e. The number of carbonyl (C=O) groups excluding carboxylic acids is 1. The van der Waals surface area contributed by atoms with Crippen molar-refractivity contribution in [1.29, 1.82) is 0 Å². The summed E-state index contributed by atoms with van der Waals surface area (Å²) in [6.07, 6.45) is 0.637. The second-order valence-corrected chi connectivity index (χ2v) is 3.37. The van der Waals surface area contributed by atoms with E-state index in [-0.39, 0.29) is 18.1 Å². The Morgan fingerprint density at radius 1 is 1.53 bits per heavy atom. The topological polar surface area (TPSA) is 73.6 Å². The van der Waals surface area contributed by atoms with Crippen LogP contribution in [0.15, 0.2) is 0 Å². The van der Waals surface area contributed by atoms with Crippen molar-refractivity contribution in [2.45, 2.75) is 32.4 Å². The van der Waals surface area contributed by atoms with E-state index in [1.54, 1.807) is 7.05 Å². The van der Waals surface area contributed by atoms with Crippen LogP contribution in [0.5, 0.6) is 0 Å². The van der Waals surface area contributed by atoms with Crippen LogP contribution in [-0.4, -0.2) is 44.9 Å². The molecule has 0 aliphatic heterocycles. The Balaban J connectivity index is 3.54. The van der Waals surface area contributed by atoms with Gasteiger partial charge in [0.2, 0.25) is 5.91 Å². The van der Waals surface area contributed by atoms with Gasteiger partial charge >= 0.3 is 0 Å². The van der Waals surface area contributed by atoms with E-state index in [2.05, 4.69) is 5.32 Å². The number of nitrogens with two attached hydrogens (primary N) is 1. The number of hydrogen-bond donors (Lipinski definition) is 2. The standard InChI is InChI=1S/C10H22N2O3/c1-4-14-7-8(2)15-6-5-9(12-3)10(11)13/h8-9,12H,4-7H2,1-3H3,(H2,11,13). The highest BCUT2D eigenvalue weighted by Crippen LogP contribution is 1.97. The van der Waals surface area contributed by atoms with Gasteiger partial charge < -0.3 is 20.5 Å². The zero-order valence-corrected chi connectivity index (χ0v) is 9.79. The van der Waals surface area contributed by atoms with Gasteiger partial charge in [0, 0.05) is 13.2 Å². The third-order valence-corrected chi connectivity index (χ3v) is 2.06. The zero-order chi connectivity index (χ0) is 11.7. The normalized spacial score (nSPS) is 14.9. The van der Waals surface area contributed by atoms with Gasteiger partial charge in [-0.1, -0.05) is 0 Å². The molecule has 0 aromatic rings. The molecule has 3 N–H and O–H groups in total. The molecule has 90 valence electrons. The molecule has 0 heterocycles. The Kier molecular flexibility index (Phi) is 8.27. The van der Waals surface area contributed by atoms with Gasteiger partial charge in [-0.3, -0.25) is 4.79 Å². The average Bonchev–Trinajstić information content (AvgIpc) is 2.20. The number of ether oxygens (including phenoxy) is 2. The fraction of sp³-hybridized carbons (Fsp3) is 0.900. The van der Waals surface area contributed by atoms with Crippen molar-refractivity contribution in [2.75, 3.05) is 26.9 Å². The Morgan fingerprint density at radius 2 is 2.20 bits per heavy atom. The summed E-state index contributed by atoms with van der Waals surface area (Å²) in [6, 6.07) is -0.315. The summed E-state index contributed by atoms with van der Waals surface area (Å²) in [4.78, 5) is 10.9. The third-order valence-electron chi connectivity index (χ3n) is 2.06. The van der Waals surface area contributed by atoms with Gasteiger partial charge in [-0.25, -0.2) is 0 Å². The molecule has 0 fully saturated rings. The third kappa shape index (κ3) is 7.30. The maximum atomic E-state index is 10.9. The van der Waals surface area contributed by atoms with E-state index in [1.165, 1.54) is 0 Å². The van der Waals surface area contributed by atoms with Crippen LogP contribution in [0, 0.1) is 0 Å². The Labute approximate surface area is 91.3 Å². The molecule has 0 aliphatic carbocycles. The quantitative estimate of drug-likeness (QED) is 0.566. The second kappa shape index (κ2) is 8.64. The van der Waals surface area contributed by atoms with E-state index in [0.717, 1.165) is 0 Å². The van der Waals surface area contributed by atoms with Gasteiger partial charge in [0.1, 0.15) is 0 Å². The molecule has 2 unspecified atom stereocenters. The number of likely N-dealkylation sites (N-methyl/N-ethyl adjacent to an activating group) is 1. The molecule has 0 aromatic heterocycles. The van der Waals surface area contributed by atoms with Crippen LogP contribution in [0.2, 0.25) is 0 Å². The lowest BCUT2D eigenvalue weighted by Gasteiger charge is -2.15. The molecule has 5 nitrogen and oxygen atoms in total. The fourth-order valence-electron chi connectivity index (χ4n) is 1.15. The van der Waals surface area contributed by atoms with E-state index in [1.807, 2.05) is 13.8 Å². The van der Waals surface area contributed by atoms with Crippen molar-refractivity contribution in [2.24, 2.45) is 5.73 Å². The van der Waals surface area contributed by atoms with Crippen molar-refractivity contribution in [3.63, 3.8) is 0 Å². The molecule has 2 atom stereocenters. The summed E-state index contributed by atoms with van der Waals surface area (Å²) in [5, 5.41) is 2.83. The number of hydrogen-bond acceptors (Lipinski definition) is 4. The number of carbonyl (C=O) groups is 1. The smallest absolute Gasteiger partial charge is 0.234 e. The lowest BCUT2D eigenvalue weighted by atomic mass is 10.2. The molecule has 0 saturated heterocycles. The maximum absolute atomic E-state index is 10.9. The van der Waals surface area contributed by atoms with Crippen molar-refractivity contribution >= 4 is 5.91 Å². The van der Waals surface area contributed by atoms with Crippen LogP contribution in [0.3, 0.4) is 0 Å². The Hall–Kier alpha value is -0.650. The second-order valence-electron chi connectivity index (χ2n) is 3.37. The first-order valence-electron chi connectivity index (χ1n) is 5.27. The molecule has 0 aliphatic rings. The highest BCUT2D eigenvalue weighted by molar-refractivity contribution is 5.79. The number of nitrogens with one attached hydrogen (secondary N) is 1. The van der Waals surface area contributed by atoms with Gasteiger partial charge in [0.05, 0.1) is 18.8 Å². The molecule has 0 spiro atoms. The summed E-state index contributed by atoms with van der Waals surface area (Å²) in [6.45, 7) is 5.65. The van der Waals surface area contributed by atoms with Gasteiger partial charge in [-0.05, 0) is 27.3 Å². The van der Waals surface area contributed by atoms with Crippen LogP contribution in [0.1, 0.15) is 20.3 Å². The highest BCUT2D eigenvalue weighted by atomic mass is 16.5. The Bertz CT molecular complexity index is 176. The minimum Gasteiger partial charge on any atom is -0.379 e. The minimum absolute atomic E-state index is 0.0512. The maximum Gasteiger partial charge on any atom is 0.234 e. The van der Waals surface area contributed by atoms with E-state index in [0.29, 0.717) is 26.2 Å². The SMILES string of the molecule is CCOCC(C)OCCC(NC)C(N)=O. The zero-order valence-electron chi connectivity index (χ0n) is 9.79. The predicted molar refractivity (Wildman–Crippen MR) is 58.6 cm³/mol. The number of amides is 1. The summed E-state index contributed by atoms with van der Waals surface area (Å²) >= 11 is 0. The molecule has 1 amide bonds. The monoisotopic (exact) mass is 218 g/mol. The molecule has 0 bridgehead atoms. The van der Waals surface area contributed by atoms with Crippen molar-refractivity contribution < 1.29 is 14.3 Å². The number of primary amides is 1. The first kappa shape index (κ1) is 14.3. The van der Waals surface area contributed by atoms with Gasteiger partial charge in [0.25, 0.3) is 0 Å². The highest BCUT2D eigenvalue weighted by Gasteiger charge is 2.12. The van der Waals surface area contributed by atoms with Gasteiger partial charge in [-0.2, -0.15) is 0 Å². The first-order valence-corrected chi connectivity index (χ1v) is 5.27. The molecular formula is C10H22N2O3. The van der Waals surface area contributed by atoms with E-state index < -0.39 is 0 Å². The summed E-state index contributed by atoms with van der Waals surface area (Å²) in [7, 11) is 1.71. The van der Waals surface area contributed by atoms with Crippen LogP contribution >= 0.6 is 0 Å². The van der Waals surface area contributed by atoms with Gasteiger partial charge in [-0.15, -0.1) is 0 Å². The van der Waals surface area contributed by atoms with E-state index >= 15 is 0 Å². The molecule has 0 rings (SSSR count). The molecule has 15 heavy (non-hydrogen) atoms. The Morgan fingerprint density at radius 3 is 2.67 bits per heavy atom. The summed E-state index contributed by atoms with van der Waals surface area (Å²) in [5.74, 6) is -0.349. The molecule has 0 aromatic carbocycles. The van der Waals surface area contributed by atoms with Crippen molar-refractivity contribution in [1.82, 2.24) is 5.32 Å². The molecule has 0 radical (unpaired) electrons. The molecule has 5 heteroatoms. The van der Waals surface area contributed by atoms with E-state index in [4.69, 9.17) is 15.2 Å². The van der Waals surface area contributed by atoms with Crippen LogP contribution in [0.25, 0.3) is 0 Å². The van der Waals surface area contributed by atoms with Crippen LogP contribution in [-0.2, 0) is 14.3 Å². The summed E-state index contributed by atoms with van der Waals surface area (Å²) in [5.41, 5.74) is 5.16. The van der Waals surface area contributed by atoms with Crippen LogP contribution < -0.4 is 11.1 Å². The predicted octanol–water partition coefficient (Wildman–Crippen LogP) is -0.109. The van der Waals surface area contributed by atoms with Crippen molar-refractivity contribution in [3.8, 4) is 0 Å². The minimum atomic E-state index is -0.349. The first-order chi connectivity index (χ1) is 7.11. The van der Waals surface area contributed by atoms with E-state index in [9.17, 15) is 4.79 Å². The lowest BCUT2D eigenvalue weighted by Crippen LogP contribution is -2.40. The average molecular weight is 218 g/mol. The fourth-order valence-corrected chi connectivity index (χ4v) is 1.15. The molecule has 0 saturated carbocycles.